The summed E-state index contributed by atoms with van der Waals surface area (Å²) in [6.45, 7) is 11.6. The number of hydrogen-bond donors (Lipinski definition) is 0. The predicted octanol–water partition coefficient (Wildman–Crippen LogP) is 2.54. The Morgan fingerprint density at radius 3 is 2.31 bits per heavy atom. The fourth-order valence-corrected chi connectivity index (χ4v) is 3.93. The van der Waals surface area contributed by atoms with E-state index in [1.54, 1.807) is 0 Å². The Hall–Kier alpha value is -1.88. The van der Waals surface area contributed by atoms with E-state index in [1.165, 1.54) is 5.56 Å². The summed E-state index contributed by atoms with van der Waals surface area (Å²) in [7, 11) is 0. The summed E-state index contributed by atoms with van der Waals surface area (Å²) in [4.78, 5) is 31.7. The quantitative estimate of drug-likeness (QED) is 0.817. The lowest BCUT2D eigenvalue weighted by Crippen LogP contribution is -2.57. The molecule has 0 saturated carbocycles. The molecule has 0 spiro atoms. The van der Waals surface area contributed by atoms with E-state index in [-0.39, 0.29) is 23.3 Å². The fraction of sp³-hybridized carbons (Fsp3) is 0.619. The van der Waals surface area contributed by atoms with Crippen molar-refractivity contribution in [2.75, 3.05) is 37.6 Å². The smallest absolute Gasteiger partial charge is 0.244 e. The molecule has 1 aromatic carbocycles. The van der Waals surface area contributed by atoms with Crippen LogP contribution in [0.5, 0.6) is 0 Å². The van der Waals surface area contributed by atoms with Gasteiger partial charge in [-0.1, -0.05) is 39.0 Å². The van der Waals surface area contributed by atoms with Gasteiger partial charge in [-0.25, -0.2) is 0 Å². The van der Waals surface area contributed by atoms with Crippen LogP contribution in [-0.2, 0) is 16.0 Å². The van der Waals surface area contributed by atoms with E-state index < -0.39 is 0 Å². The molecule has 2 heterocycles. The molecular weight excluding hydrogens is 326 g/mol. The lowest BCUT2D eigenvalue weighted by molar-refractivity contribution is -0.141. The van der Waals surface area contributed by atoms with Crippen LogP contribution >= 0.6 is 0 Å². The summed E-state index contributed by atoms with van der Waals surface area (Å²) in [6, 6.07) is 8.07. The fourth-order valence-electron chi connectivity index (χ4n) is 3.93. The van der Waals surface area contributed by atoms with Gasteiger partial charge in [0.2, 0.25) is 11.8 Å². The molecule has 26 heavy (non-hydrogen) atoms. The molecule has 5 heteroatoms. The Morgan fingerprint density at radius 1 is 1.00 bits per heavy atom. The number of carbonyl (C=O) groups is 2. The first kappa shape index (κ1) is 18.9. The molecule has 0 aromatic heterocycles. The van der Waals surface area contributed by atoms with E-state index in [4.69, 9.17) is 0 Å². The van der Waals surface area contributed by atoms with E-state index >= 15 is 0 Å². The second kappa shape index (κ2) is 7.39. The van der Waals surface area contributed by atoms with Crippen LogP contribution < -0.4 is 4.90 Å². The summed E-state index contributed by atoms with van der Waals surface area (Å²) in [6.07, 6.45) is 2.06. The third-order valence-electron chi connectivity index (χ3n) is 5.52. The number of nitrogens with zero attached hydrogens (tertiary/aromatic N) is 3. The van der Waals surface area contributed by atoms with Crippen LogP contribution in [0.2, 0.25) is 0 Å². The number of benzene rings is 1. The van der Waals surface area contributed by atoms with Gasteiger partial charge in [-0.05, 0) is 31.4 Å². The molecule has 5 nitrogen and oxygen atoms in total. The average Bonchev–Trinajstić information content (AvgIpc) is 2.65. The lowest BCUT2D eigenvalue weighted by atomic mass is 9.94. The summed E-state index contributed by atoms with van der Waals surface area (Å²) in [5, 5.41) is 0. The maximum Gasteiger partial charge on any atom is 0.244 e. The molecule has 142 valence electrons. The van der Waals surface area contributed by atoms with Crippen molar-refractivity contribution in [1.82, 2.24) is 9.80 Å². The molecule has 1 unspecified atom stereocenters. The molecule has 2 aliphatic rings. The van der Waals surface area contributed by atoms with Crippen molar-refractivity contribution >= 4 is 17.5 Å². The van der Waals surface area contributed by atoms with Crippen LogP contribution in [0.4, 0.5) is 5.69 Å². The number of anilines is 1. The molecule has 1 fully saturated rings. The predicted molar refractivity (Wildman–Crippen MR) is 104 cm³/mol. The number of para-hydroxylation sites is 1. The zero-order valence-electron chi connectivity index (χ0n) is 16.5. The summed E-state index contributed by atoms with van der Waals surface area (Å²) in [5.74, 6) is 0.369. The van der Waals surface area contributed by atoms with Crippen molar-refractivity contribution in [3.05, 3.63) is 29.8 Å². The van der Waals surface area contributed by atoms with Crippen LogP contribution in [0.1, 0.15) is 39.7 Å². The van der Waals surface area contributed by atoms with Crippen LogP contribution in [0.25, 0.3) is 0 Å². The van der Waals surface area contributed by atoms with Gasteiger partial charge in [0.1, 0.15) is 0 Å². The van der Waals surface area contributed by atoms with Gasteiger partial charge in [-0.3, -0.25) is 14.5 Å². The van der Waals surface area contributed by atoms with Crippen molar-refractivity contribution in [2.45, 2.75) is 46.6 Å². The van der Waals surface area contributed by atoms with Crippen molar-refractivity contribution in [3.8, 4) is 0 Å². The Morgan fingerprint density at radius 2 is 1.65 bits per heavy atom. The molecule has 3 rings (SSSR count). The topological polar surface area (TPSA) is 43.9 Å². The first-order chi connectivity index (χ1) is 12.3. The van der Waals surface area contributed by atoms with E-state index in [0.717, 1.165) is 38.2 Å². The third kappa shape index (κ3) is 3.78. The molecule has 0 N–H and O–H groups in total. The van der Waals surface area contributed by atoms with Crippen LogP contribution in [0, 0.1) is 5.41 Å². The van der Waals surface area contributed by atoms with E-state index in [1.807, 2.05) is 49.6 Å². The Balaban J connectivity index is 1.63. The molecule has 1 atom stereocenters. The standard InChI is InChI=1S/C21H31N3O2/c1-16(22-12-14-23(15-13-22)20(26)21(2,3)4)19(25)24-11-7-9-17-8-5-6-10-18(17)24/h5-6,8,10,16H,7,9,11-15H2,1-4H3. The second-order valence-corrected chi connectivity index (χ2v) is 8.48. The molecular formula is C21H31N3O2. The van der Waals surface area contributed by atoms with Gasteiger partial charge >= 0.3 is 0 Å². The first-order valence-electron chi connectivity index (χ1n) is 9.72. The Labute approximate surface area is 156 Å². The highest BCUT2D eigenvalue weighted by Gasteiger charge is 2.34. The third-order valence-corrected chi connectivity index (χ3v) is 5.52. The number of piperazine rings is 1. The van der Waals surface area contributed by atoms with Gasteiger partial charge in [-0.15, -0.1) is 0 Å². The largest absolute Gasteiger partial charge is 0.340 e. The van der Waals surface area contributed by atoms with Crippen LogP contribution in [-0.4, -0.2) is 60.4 Å². The van der Waals surface area contributed by atoms with Crippen molar-refractivity contribution < 1.29 is 9.59 Å². The number of rotatable bonds is 2. The molecule has 0 radical (unpaired) electrons. The van der Waals surface area contributed by atoms with Crippen molar-refractivity contribution in [1.29, 1.82) is 0 Å². The van der Waals surface area contributed by atoms with Gasteiger partial charge in [-0.2, -0.15) is 0 Å². The van der Waals surface area contributed by atoms with Crippen LogP contribution in [0.3, 0.4) is 0 Å². The Kier molecular flexibility index (Phi) is 5.37. The van der Waals surface area contributed by atoms with E-state index in [9.17, 15) is 9.59 Å². The van der Waals surface area contributed by atoms with Crippen LogP contribution in [0.15, 0.2) is 24.3 Å². The summed E-state index contributed by atoms with van der Waals surface area (Å²) in [5.41, 5.74) is 1.98. The molecule has 0 aliphatic carbocycles. The monoisotopic (exact) mass is 357 g/mol. The highest BCUT2D eigenvalue weighted by Crippen LogP contribution is 2.28. The van der Waals surface area contributed by atoms with Gasteiger partial charge in [0, 0.05) is 43.8 Å². The van der Waals surface area contributed by atoms with Gasteiger partial charge < -0.3 is 9.80 Å². The molecule has 0 bridgehead atoms. The number of amides is 2. The maximum atomic E-state index is 13.1. The zero-order chi connectivity index (χ0) is 18.9. The summed E-state index contributed by atoms with van der Waals surface area (Å²) >= 11 is 0. The van der Waals surface area contributed by atoms with Crippen molar-refractivity contribution in [3.63, 3.8) is 0 Å². The SMILES string of the molecule is CC(C(=O)N1CCCc2ccccc21)N1CCN(C(=O)C(C)(C)C)CC1. The first-order valence-corrected chi connectivity index (χ1v) is 9.72. The molecule has 2 aliphatic heterocycles. The number of carbonyl (C=O) groups excluding carboxylic acids is 2. The normalized spacial score (nSPS) is 19.8. The highest BCUT2D eigenvalue weighted by atomic mass is 16.2. The van der Waals surface area contributed by atoms with Crippen molar-refractivity contribution in [2.24, 2.45) is 5.41 Å². The van der Waals surface area contributed by atoms with E-state index in [0.29, 0.717) is 13.1 Å². The summed E-state index contributed by atoms with van der Waals surface area (Å²) < 4.78 is 0. The maximum absolute atomic E-state index is 13.1. The molecule has 1 aromatic rings. The highest BCUT2D eigenvalue weighted by molar-refractivity contribution is 5.98. The van der Waals surface area contributed by atoms with Gasteiger partial charge in [0.25, 0.3) is 0 Å². The number of aryl methyl sites for hydroxylation is 1. The van der Waals surface area contributed by atoms with Gasteiger partial charge in [0.05, 0.1) is 6.04 Å². The molecule has 1 saturated heterocycles. The minimum atomic E-state index is -0.346. The van der Waals surface area contributed by atoms with E-state index in [2.05, 4.69) is 17.0 Å². The zero-order valence-corrected chi connectivity index (χ0v) is 16.5. The number of hydrogen-bond acceptors (Lipinski definition) is 3. The Bertz CT molecular complexity index is 672. The second-order valence-electron chi connectivity index (χ2n) is 8.48. The minimum Gasteiger partial charge on any atom is -0.340 e. The van der Waals surface area contributed by atoms with Gasteiger partial charge in [0.15, 0.2) is 0 Å². The number of fused-ring (bicyclic) bond motifs is 1. The molecule has 2 amide bonds. The average molecular weight is 357 g/mol. The lowest BCUT2D eigenvalue weighted by Gasteiger charge is -2.41. The minimum absolute atomic E-state index is 0.159.